The molecule has 0 aliphatic heterocycles. The van der Waals surface area contributed by atoms with E-state index in [0.717, 1.165) is 11.8 Å². The van der Waals surface area contributed by atoms with Gasteiger partial charge in [0, 0.05) is 15.6 Å². The van der Waals surface area contributed by atoms with Crippen molar-refractivity contribution in [3.63, 3.8) is 0 Å². The van der Waals surface area contributed by atoms with E-state index in [4.69, 9.17) is 32.7 Å². The van der Waals surface area contributed by atoms with Gasteiger partial charge < -0.3 is 9.47 Å². The standard InChI is InChI=1S/C15H12Cl2O3/c1-19-14-5-10(8-18)13(7-15(14)20-2)9-3-11(16)6-12(17)4-9/h3-8H,1-2H3. The second-order valence-electron chi connectivity index (χ2n) is 4.07. The Morgan fingerprint density at radius 1 is 0.900 bits per heavy atom. The van der Waals surface area contributed by atoms with Gasteiger partial charge in [-0.25, -0.2) is 0 Å². The van der Waals surface area contributed by atoms with E-state index in [1.54, 1.807) is 30.3 Å². The molecule has 0 aliphatic rings. The third-order valence-electron chi connectivity index (χ3n) is 2.86. The summed E-state index contributed by atoms with van der Waals surface area (Å²) in [6.45, 7) is 0. The summed E-state index contributed by atoms with van der Waals surface area (Å²) in [5, 5.41) is 0.998. The number of halogens is 2. The normalized spacial score (nSPS) is 10.2. The summed E-state index contributed by atoms with van der Waals surface area (Å²) in [4.78, 5) is 11.3. The molecule has 0 unspecified atom stereocenters. The monoisotopic (exact) mass is 310 g/mol. The predicted octanol–water partition coefficient (Wildman–Crippen LogP) is 4.49. The second kappa shape index (κ2) is 6.16. The van der Waals surface area contributed by atoms with E-state index >= 15 is 0 Å². The Balaban J connectivity index is 2.68. The van der Waals surface area contributed by atoms with Crippen LogP contribution in [0.4, 0.5) is 0 Å². The average Bonchev–Trinajstić information content (AvgIpc) is 2.44. The van der Waals surface area contributed by atoms with Crippen molar-refractivity contribution in [3.05, 3.63) is 45.9 Å². The fraction of sp³-hybridized carbons (Fsp3) is 0.133. The summed E-state index contributed by atoms with van der Waals surface area (Å²) in [6.07, 6.45) is 0.756. The number of ether oxygens (including phenoxy) is 2. The van der Waals surface area contributed by atoms with Gasteiger partial charge in [-0.2, -0.15) is 0 Å². The topological polar surface area (TPSA) is 35.5 Å². The second-order valence-corrected chi connectivity index (χ2v) is 4.94. The number of hydrogen-bond donors (Lipinski definition) is 0. The fourth-order valence-electron chi connectivity index (χ4n) is 1.95. The zero-order valence-electron chi connectivity index (χ0n) is 10.9. The van der Waals surface area contributed by atoms with E-state index in [1.165, 1.54) is 14.2 Å². The largest absolute Gasteiger partial charge is 0.493 e. The molecule has 0 saturated carbocycles. The molecule has 3 nitrogen and oxygen atoms in total. The Kier molecular flexibility index (Phi) is 4.53. The van der Waals surface area contributed by atoms with Crippen molar-refractivity contribution < 1.29 is 14.3 Å². The first kappa shape index (κ1) is 14.7. The van der Waals surface area contributed by atoms with E-state index in [2.05, 4.69) is 0 Å². The molecule has 0 aromatic heterocycles. The number of aldehydes is 1. The zero-order valence-corrected chi connectivity index (χ0v) is 12.5. The zero-order chi connectivity index (χ0) is 14.7. The number of carbonyl (C=O) groups is 1. The van der Waals surface area contributed by atoms with Crippen LogP contribution in [0, 0.1) is 0 Å². The van der Waals surface area contributed by atoms with Crippen LogP contribution in [0.1, 0.15) is 10.4 Å². The van der Waals surface area contributed by atoms with Crippen molar-refractivity contribution in [2.75, 3.05) is 14.2 Å². The van der Waals surface area contributed by atoms with E-state index in [-0.39, 0.29) is 0 Å². The summed E-state index contributed by atoms with van der Waals surface area (Å²) in [6, 6.07) is 8.46. The molecule has 0 bridgehead atoms. The molecule has 0 heterocycles. The molecular weight excluding hydrogens is 299 g/mol. The first-order chi connectivity index (χ1) is 9.58. The van der Waals surface area contributed by atoms with Crippen molar-refractivity contribution in [3.8, 4) is 22.6 Å². The Morgan fingerprint density at radius 3 is 1.95 bits per heavy atom. The highest BCUT2D eigenvalue weighted by Gasteiger charge is 2.13. The van der Waals surface area contributed by atoms with Crippen molar-refractivity contribution in [1.82, 2.24) is 0 Å². The molecule has 2 rings (SSSR count). The number of rotatable bonds is 4. The van der Waals surface area contributed by atoms with Crippen molar-refractivity contribution in [1.29, 1.82) is 0 Å². The molecular formula is C15H12Cl2O3. The first-order valence-electron chi connectivity index (χ1n) is 5.76. The highest BCUT2D eigenvalue weighted by molar-refractivity contribution is 6.35. The van der Waals surface area contributed by atoms with E-state index in [1.807, 2.05) is 0 Å². The van der Waals surface area contributed by atoms with Gasteiger partial charge in [-0.15, -0.1) is 0 Å². The Labute approximate surface area is 127 Å². The van der Waals surface area contributed by atoms with Gasteiger partial charge in [-0.05, 0) is 41.5 Å². The minimum Gasteiger partial charge on any atom is -0.493 e. The summed E-state index contributed by atoms with van der Waals surface area (Å²) in [7, 11) is 3.05. The molecule has 2 aromatic carbocycles. The molecule has 0 saturated heterocycles. The molecule has 20 heavy (non-hydrogen) atoms. The molecule has 0 fully saturated rings. The van der Waals surface area contributed by atoms with E-state index in [0.29, 0.717) is 32.7 Å². The minimum atomic E-state index is 0.473. The molecule has 0 radical (unpaired) electrons. The fourth-order valence-corrected chi connectivity index (χ4v) is 2.48. The van der Waals surface area contributed by atoms with Crippen molar-refractivity contribution in [2.45, 2.75) is 0 Å². The lowest BCUT2D eigenvalue weighted by Gasteiger charge is -2.12. The van der Waals surface area contributed by atoms with Crippen LogP contribution in [0.2, 0.25) is 10.0 Å². The molecule has 0 amide bonds. The predicted molar refractivity (Wildman–Crippen MR) is 80.4 cm³/mol. The van der Waals surface area contributed by atoms with Crippen LogP contribution in [0.3, 0.4) is 0 Å². The maximum Gasteiger partial charge on any atom is 0.161 e. The molecule has 5 heteroatoms. The maximum atomic E-state index is 11.3. The number of methoxy groups -OCH3 is 2. The SMILES string of the molecule is COc1cc(C=O)c(-c2cc(Cl)cc(Cl)c2)cc1OC. The third-order valence-corrected chi connectivity index (χ3v) is 3.29. The van der Waals surface area contributed by atoms with Gasteiger partial charge in [-0.1, -0.05) is 23.2 Å². The van der Waals surface area contributed by atoms with Crippen LogP contribution in [0.5, 0.6) is 11.5 Å². The minimum absolute atomic E-state index is 0.473. The third kappa shape index (κ3) is 2.89. The van der Waals surface area contributed by atoms with E-state index in [9.17, 15) is 4.79 Å². The van der Waals surface area contributed by atoms with Crippen LogP contribution >= 0.6 is 23.2 Å². The van der Waals surface area contributed by atoms with Gasteiger partial charge in [0.25, 0.3) is 0 Å². The summed E-state index contributed by atoms with van der Waals surface area (Å²) < 4.78 is 10.4. The van der Waals surface area contributed by atoms with E-state index < -0.39 is 0 Å². The first-order valence-corrected chi connectivity index (χ1v) is 6.52. The number of carbonyl (C=O) groups excluding carboxylic acids is 1. The molecule has 104 valence electrons. The maximum absolute atomic E-state index is 11.3. The smallest absolute Gasteiger partial charge is 0.161 e. The highest BCUT2D eigenvalue weighted by atomic mass is 35.5. The number of benzene rings is 2. The van der Waals surface area contributed by atoms with Crippen LogP contribution < -0.4 is 9.47 Å². The van der Waals surface area contributed by atoms with Gasteiger partial charge in [-0.3, -0.25) is 4.79 Å². The Hall–Kier alpha value is -1.71. The Bertz CT molecular complexity index is 634. The van der Waals surface area contributed by atoms with Crippen molar-refractivity contribution in [2.24, 2.45) is 0 Å². The summed E-state index contributed by atoms with van der Waals surface area (Å²) in [5.41, 5.74) is 1.90. The van der Waals surface area contributed by atoms with Gasteiger partial charge in [0.1, 0.15) is 0 Å². The average molecular weight is 311 g/mol. The van der Waals surface area contributed by atoms with Gasteiger partial charge in [0.05, 0.1) is 14.2 Å². The highest BCUT2D eigenvalue weighted by Crippen LogP contribution is 2.36. The quantitative estimate of drug-likeness (QED) is 0.780. The lowest BCUT2D eigenvalue weighted by atomic mass is 9.99. The van der Waals surface area contributed by atoms with Crippen LogP contribution in [-0.2, 0) is 0 Å². The van der Waals surface area contributed by atoms with Crippen LogP contribution in [0.25, 0.3) is 11.1 Å². The van der Waals surface area contributed by atoms with Gasteiger partial charge in [0.15, 0.2) is 17.8 Å². The molecule has 0 aliphatic carbocycles. The van der Waals surface area contributed by atoms with Crippen molar-refractivity contribution >= 4 is 29.5 Å². The molecule has 0 N–H and O–H groups in total. The number of hydrogen-bond acceptors (Lipinski definition) is 3. The van der Waals surface area contributed by atoms with Gasteiger partial charge in [0.2, 0.25) is 0 Å². The lowest BCUT2D eigenvalue weighted by molar-refractivity contribution is 0.112. The summed E-state index contributed by atoms with van der Waals surface area (Å²) >= 11 is 12.0. The lowest BCUT2D eigenvalue weighted by Crippen LogP contribution is -1.95. The summed E-state index contributed by atoms with van der Waals surface area (Å²) in [5.74, 6) is 1.02. The Morgan fingerprint density at radius 2 is 1.45 bits per heavy atom. The van der Waals surface area contributed by atoms with Gasteiger partial charge >= 0.3 is 0 Å². The molecule has 0 spiro atoms. The van der Waals surface area contributed by atoms with Crippen LogP contribution in [0.15, 0.2) is 30.3 Å². The molecule has 2 aromatic rings. The van der Waals surface area contributed by atoms with Crippen LogP contribution in [-0.4, -0.2) is 20.5 Å². The molecule has 0 atom stereocenters.